The summed E-state index contributed by atoms with van der Waals surface area (Å²) in [7, 11) is 0. The largest absolute Gasteiger partial charge is 0.478 e. The van der Waals surface area contributed by atoms with Crippen LogP contribution in [-0.2, 0) is 5.88 Å². The summed E-state index contributed by atoms with van der Waals surface area (Å²) in [6.07, 6.45) is 2.14. The second kappa shape index (κ2) is 6.10. The van der Waals surface area contributed by atoms with Crippen LogP contribution in [0.5, 0.6) is 5.88 Å². The first-order chi connectivity index (χ1) is 6.77. The molecule has 0 unspecified atom stereocenters. The van der Waals surface area contributed by atoms with Gasteiger partial charge in [-0.1, -0.05) is 24.9 Å². The maximum atomic E-state index is 5.86. The average molecular weight is 234 g/mol. The van der Waals surface area contributed by atoms with Gasteiger partial charge in [-0.3, -0.25) is 0 Å². The van der Waals surface area contributed by atoms with Crippen LogP contribution < -0.4 is 4.74 Å². The molecule has 0 spiro atoms. The van der Waals surface area contributed by atoms with Crippen molar-refractivity contribution in [3.05, 3.63) is 22.8 Å². The third kappa shape index (κ3) is 3.35. The Morgan fingerprint density at radius 2 is 2.21 bits per heavy atom. The predicted octanol–water partition coefficient (Wildman–Crippen LogP) is 3.65. The van der Waals surface area contributed by atoms with E-state index in [0.717, 1.165) is 12.8 Å². The van der Waals surface area contributed by atoms with Gasteiger partial charge in [-0.05, 0) is 12.5 Å². The first kappa shape index (κ1) is 11.6. The number of pyridine rings is 1. The Hall–Kier alpha value is -0.470. The van der Waals surface area contributed by atoms with E-state index in [-0.39, 0.29) is 0 Å². The van der Waals surface area contributed by atoms with Crippen LogP contribution in [-0.4, -0.2) is 11.6 Å². The molecule has 0 aromatic carbocycles. The summed E-state index contributed by atoms with van der Waals surface area (Å²) < 4.78 is 5.42. The number of rotatable bonds is 5. The lowest BCUT2D eigenvalue weighted by atomic mass is 10.3. The minimum Gasteiger partial charge on any atom is -0.478 e. The van der Waals surface area contributed by atoms with Crippen LogP contribution in [0.4, 0.5) is 0 Å². The van der Waals surface area contributed by atoms with Crippen LogP contribution in [0.25, 0.3) is 0 Å². The molecule has 0 aliphatic carbocycles. The van der Waals surface area contributed by atoms with Crippen LogP contribution in [0.2, 0.25) is 5.02 Å². The highest BCUT2D eigenvalue weighted by atomic mass is 35.5. The molecule has 0 fully saturated rings. The zero-order valence-electron chi connectivity index (χ0n) is 8.09. The van der Waals surface area contributed by atoms with Crippen molar-refractivity contribution in [2.24, 2.45) is 0 Å². The molecule has 1 heterocycles. The fourth-order valence-corrected chi connectivity index (χ4v) is 1.40. The maximum absolute atomic E-state index is 5.86. The van der Waals surface area contributed by atoms with Crippen molar-refractivity contribution >= 4 is 23.2 Å². The van der Waals surface area contributed by atoms with Gasteiger partial charge in [0.1, 0.15) is 0 Å². The second-order valence-electron chi connectivity index (χ2n) is 2.91. The van der Waals surface area contributed by atoms with Crippen molar-refractivity contribution in [1.82, 2.24) is 4.98 Å². The molecule has 1 aromatic rings. The third-order valence-corrected chi connectivity index (χ3v) is 2.36. The van der Waals surface area contributed by atoms with Crippen LogP contribution in [0, 0.1) is 0 Å². The van der Waals surface area contributed by atoms with Gasteiger partial charge in [0.2, 0.25) is 5.88 Å². The van der Waals surface area contributed by atoms with Crippen LogP contribution in [0.1, 0.15) is 25.5 Å². The van der Waals surface area contributed by atoms with Crippen LogP contribution in [0.3, 0.4) is 0 Å². The molecule has 1 rings (SSSR count). The molecule has 0 aliphatic rings. The summed E-state index contributed by atoms with van der Waals surface area (Å²) in [5.74, 6) is 0.905. The van der Waals surface area contributed by atoms with E-state index >= 15 is 0 Å². The average Bonchev–Trinajstić information content (AvgIpc) is 2.21. The Morgan fingerprint density at radius 1 is 1.43 bits per heavy atom. The van der Waals surface area contributed by atoms with Crippen LogP contribution >= 0.6 is 23.2 Å². The highest BCUT2D eigenvalue weighted by Gasteiger charge is 2.02. The molecule has 0 radical (unpaired) electrons. The third-order valence-electron chi connectivity index (χ3n) is 1.77. The number of alkyl halides is 1. The topological polar surface area (TPSA) is 22.1 Å². The first-order valence-electron chi connectivity index (χ1n) is 4.62. The summed E-state index contributed by atoms with van der Waals surface area (Å²) in [4.78, 5) is 4.18. The molecule has 1 aromatic heterocycles. The lowest BCUT2D eigenvalue weighted by molar-refractivity contribution is 0.297. The monoisotopic (exact) mass is 233 g/mol. The predicted molar refractivity (Wildman–Crippen MR) is 59.2 cm³/mol. The summed E-state index contributed by atoms with van der Waals surface area (Å²) in [6, 6.07) is 3.52. The number of hydrogen-bond donors (Lipinski definition) is 0. The minimum atomic E-state index is 0.309. The molecular weight excluding hydrogens is 221 g/mol. The van der Waals surface area contributed by atoms with Gasteiger partial charge in [-0.2, -0.15) is 0 Å². The zero-order valence-corrected chi connectivity index (χ0v) is 9.61. The quantitative estimate of drug-likeness (QED) is 0.573. The van der Waals surface area contributed by atoms with Gasteiger partial charge < -0.3 is 4.74 Å². The molecular formula is C10H13Cl2NO. The molecule has 0 atom stereocenters. The van der Waals surface area contributed by atoms with E-state index in [0.29, 0.717) is 29.1 Å². The number of halogens is 2. The highest BCUT2D eigenvalue weighted by molar-refractivity contribution is 6.32. The first-order valence-corrected chi connectivity index (χ1v) is 5.53. The lowest BCUT2D eigenvalue weighted by Crippen LogP contribution is -1.99. The molecule has 14 heavy (non-hydrogen) atoms. The van der Waals surface area contributed by atoms with E-state index in [2.05, 4.69) is 11.9 Å². The molecule has 0 saturated carbocycles. The molecule has 2 nitrogen and oxygen atoms in total. The normalized spacial score (nSPS) is 10.2. The number of ether oxygens (including phenoxy) is 1. The van der Waals surface area contributed by atoms with E-state index in [1.54, 1.807) is 12.1 Å². The SMILES string of the molecule is CCCCOc1ccc(Cl)c(CCl)n1. The Labute approximate surface area is 94.2 Å². The number of hydrogen-bond acceptors (Lipinski definition) is 2. The fourth-order valence-electron chi connectivity index (χ4n) is 0.960. The van der Waals surface area contributed by atoms with E-state index in [4.69, 9.17) is 27.9 Å². The van der Waals surface area contributed by atoms with Gasteiger partial charge in [0.15, 0.2) is 0 Å². The molecule has 0 amide bonds. The van der Waals surface area contributed by atoms with E-state index in [1.807, 2.05) is 0 Å². The highest BCUT2D eigenvalue weighted by Crippen LogP contribution is 2.19. The van der Waals surface area contributed by atoms with Gasteiger partial charge in [0.05, 0.1) is 23.2 Å². The minimum absolute atomic E-state index is 0.309. The van der Waals surface area contributed by atoms with Crippen molar-refractivity contribution in [1.29, 1.82) is 0 Å². The van der Waals surface area contributed by atoms with Gasteiger partial charge >= 0.3 is 0 Å². The molecule has 4 heteroatoms. The lowest BCUT2D eigenvalue weighted by Gasteiger charge is -2.06. The standard InChI is InChI=1S/C10H13Cl2NO/c1-2-3-6-14-10-5-4-8(12)9(7-11)13-10/h4-5H,2-3,6-7H2,1H3. The van der Waals surface area contributed by atoms with Crippen molar-refractivity contribution in [2.75, 3.05) is 6.61 Å². The Bertz CT molecular complexity index is 291. The van der Waals surface area contributed by atoms with Crippen molar-refractivity contribution < 1.29 is 4.74 Å². The Balaban J connectivity index is 2.60. The number of nitrogens with zero attached hydrogens (tertiary/aromatic N) is 1. The molecule has 0 saturated heterocycles. The summed E-state index contributed by atoms with van der Waals surface area (Å²) in [5.41, 5.74) is 0.669. The molecule has 0 aliphatic heterocycles. The van der Waals surface area contributed by atoms with Crippen molar-refractivity contribution in [2.45, 2.75) is 25.6 Å². The Morgan fingerprint density at radius 3 is 2.86 bits per heavy atom. The number of aromatic nitrogens is 1. The Kier molecular flexibility index (Phi) is 5.05. The summed E-state index contributed by atoms with van der Waals surface area (Å²) >= 11 is 11.5. The van der Waals surface area contributed by atoms with E-state index in [1.165, 1.54) is 0 Å². The van der Waals surface area contributed by atoms with E-state index < -0.39 is 0 Å². The summed E-state index contributed by atoms with van der Waals surface area (Å²) in [6.45, 7) is 2.80. The van der Waals surface area contributed by atoms with E-state index in [9.17, 15) is 0 Å². The molecule has 0 N–H and O–H groups in total. The van der Waals surface area contributed by atoms with Crippen molar-refractivity contribution in [3.63, 3.8) is 0 Å². The van der Waals surface area contributed by atoms with Crippen LogP contribution in [0.15, 0.2) is 12.1 Å². The van der Waals surface area contributed by atoms with Gasteiger partial charge in [-0.15, -0.1) is 11.6 Å². The van der Waals surface area contributed by atoms with Crippen molar-refractivity contribution in [3.8, 4) is 5.88 Å². The zero-order chi connectivity index (χ0) is 10.4. The second-order valence-corrected chi connectivity index (χ2v) is 3.59. The molecule has 78 valence electrons. The summed E-state index contributed by atoms with van der Waals surface area (Å²) in [5, 5.41) is 0.586. The van der Waals surface area contributed by atoms with Gasteiger partial charge in [0, 0.05) is 6.07 Å². The maximum Gasteiger partial charge on any atom is 0.213 e. The van der Waals surface area contributed by atoms with Gasteiger partial charge in [-0.25, -0.2) is 4.98 Å². The fraction of sp³-hybridized carbons (Fsp3) is 0.500. The van der Waals surface area contributed by atoms with Gasteiger partial charge in [0.25, 0.3) is 0 Å². The number of unbranched alkanes of at least 4 members (excludes halogenated alkanes) is 1. The smallest absolute Gasteiger partial charge is 0.213 e. The molecule has 0 bridgehead atoms.